The van der Waals surface area contributed by atoms with Crippen LogP contribution in [-0.2, 0) is 4.79 Å². The van der Waals surface area contributed by atoms with Crippen LogP contribution in [0.5, 0.6) is 5.75 Å². The van der Waals surface area contributed by atoms with Gasteiger partial charge < -0.3 is 15.4 Å². The number of nitrogens with zero attached hydrogens (tertiary/aromatic N) is 2. The Labute approximate surface area is 134 Å². The van der Waals surface area contributed by atoms with E-state index in [0.717, 1.165) is 0 Å². The minimum absolute atomic E-state index is 0.140. The predicted octanol–water partition coefficient (Wildman–Crippen LogP) is 3.05. The van der Waals surface area contributed by atoms with Gasteiger partial charge in [0.1, 0.15) is 23.4 Å². The molecule has 6 nitrogen and oxygen atoms in total. The average molecular weight is 320 g/mol. The van der Waals surface area contributed by atoms with Gasteiger partial charge in [-0.1, -0.05) is 0 Å². The maximum absolute atomic E-state index is 13.2. The molecule has 0 saturated carbocycles. The maximum Gasteiger partial charge on any atom is 0.247 e. The lowest BCUT2D eigenvalue weighted by Crippen LogP contribution is -2.33. The second kappa shape index (κ2) is 7.13. The van der Waals surface area contributed by atoms with E-state index in [2.05, 4.69) is 15.7 Å². The van der Waals surface area contributed by atoms with E-state index >= 15 is 0 Å². The van der Waals surface area contributed by atoms with Crippen LogP contribution in [0, 0.1) is 5.82 Å². The molecule has 2 N–H and O–H groups in total. The molecule has 1 aromatic carbocycles. The molecule has 0 radical (unpaired) electrons. The van der Waals surface area contributed by atoms with Crippen molar-refractivity contribution in [1.29, 1.82) is 0 Å². The quantitative estimate of drug-likeness (QED) is 0.858. The first kappa shape index (κ1) is 16.8. The zero-order valence-electron chi connectivity index (χ0n) is 13.6. The third-order valence-corrected chi connectivity index (χ3v) is 3.34. The molecule has 1 aromatic heterocycles. The maximum atomic E-state index is 13.2. The molecule has 1 heterocycles. The number of methoxy groups -OCH3 is 1. The van der Waals surface area contributed by atoms with Crippen molar-refractivity contribution in [3.63, 3.8) is 0 Å². The molecule has 0 aliphatic heterocycles. The molecule has 0 spiro atoms. The number of halogens is 1. The van der Waals surface area contributed by atoms with E-state index < -0.39 is 11.9 Å². The van der Waals surface area contributed by atoms with Gasteiger partial charge in [0.25, 0.3) is 0 Å². The fraction of sp³-hybridized carbons (Fsp3) is 0.375. The number of benzene rings is 1. The van der Waals surface area contributed by atoms with Crippen molar-refractivity contribution in [3.8, 4) is 5.75 Å². The van der Waals surface area contributed by atoms with E-state index in [4.69, 9.17) is 4.74 Å². The van der Waals surface area contributed by atoms with Crippen molar-refractivity contribution in [3.05, 3.63) is 36.3 Å². The van der Waals surface area contributed by atoms with Crippen molar-refractivity contribution < 1.29 is 13.9 Å². The van der Waals surface area contributed by atoms with E-state index in [-0.39, 0.29) is 11.9 Å². The van der Waals surface area contributed by atoms with Crippen LogP contribution in [-0.4, -0.2) is 28.8 Å². The van der Waals surface area contributed by atoms with Gasteiger partial charge in [-0.05, 0) is 32.9 Å². The van der Waals surface area contributed by atoms with E-state index in [0.29, 0.717) is 17.3 Å². The lowest BCUT2D eigenvalue weighted by atomic mass is 10.2. The standard InChI is InChI=1S/C16H21FN4O2/c1-10(2)21-15(7-8-18-21)20-16(22)11(3)19-13-6-5-12(17)9-14(13)23-4/h5-11,19H,1-4H3,(H,20,22). The average Bonchev–Trinajstić information content (AvgIpc) is 2.97. The van der Waals surface area contributed by atoms with Gasteiger partial charge in [-0.15, -0.1) is 0 Å². The zero-order chi connectivity index (χ0) is 17.0. The largest absolute Gasteiger partial charge is 0.494 e. The summed E-state index contributed by atoms with van der Waals surface area (Å²) in [4.78, 5) is 12.3. The molecular formula is C16H21FN4O2. The molecule has 2 aromatic rings. The summed E-state index contributed by atoms with van der Waals surface area (Å²) in [5, 5.41) is 10.0. The summed E-state index contributed by atoms with van der Waals surface area (Å²) in [5.41, 5.74) is 0.550. The Morgan fingerprint density at radius 2 is 2.04 bits per heavy atom. The van der Waals surface area contributed by atoms with Gasteiger partial charge in [0.2, 0.25) is 5.91 Å². The Balaban J connectivity index is 2.07. The summed E-state index contributed by atoms with van der Waals surface area (Å²) < 4.78 is 20.0. The lowest BCUT2D eigenvalue weighted by Gasteiger charge is -2.18. The smallest absolute Gasteiger partial charge is 0.247 e. The van der Waals surface area contributed by atoms with Gasteiger partial charge >= 0.3 is 0 Å². The second-order valence-corrected chi connectivity index (χ2v) is 5.45. The number of rotatable bonds is 6. The Morgan fingerprint density at radius 1 is 1.30 bits per heavy atom. The van der Waals surface area contributed by atoms with Crippen molar-refractivity contribution in [1.82, 2.24) is 9.78 Å². The first-order chi connectivity index (χ1) is 10.9. The monoisotopic (exact) mass is 320 g/mol. The van der Waals surface area contributed by atoms with Crippen LogP contribution in [0.25, 0.3) is 0 Å². The molecule has 0 saturated heterocycles. The van der Waals surface area contributed by atoms with Gasteiger partial charge in [-0.3, -0.25) is 4.79 Å². The van der Waals surface area contributed by atoms with Gasteiger partial charge in [0.15, 0.2) is 0 Å². The number of hydrogen-bond acceptors (Lipinski definition) is 4. The molecule has 124 valence electrons. The first-order valence-electron chi connectivity index (χ1n) is 7.36. The molecule has 7 heteroatoms. The molecule has 1 amide bonds. The lowest BCUT2D eigenvalue weighted by molar-refractivity contribution is -0.116. The Hall–Kier alpha value is -2.57. The van der Waals surface area contributed by atoms with Gasteiger partial charge in [0.05, 0.1) is 19.0 Å². The number of hydrogen-bond donors (Lipinski definition) is 2. The Kier molecular flexibility index (Phi) is 5.20. The highest BCUT2D eigenvalue weighted by Gasteiger charge is 2.17. The van der Waals surface area contributed by atoms with E-state index in [1.54, 1.807) is 23.9 Å². The molecule has 1 unspecified atom stereocenters. The highest BCUT2D eigenvalue weighted by molar-refractivity contribution is 5.95. The molecular weight excluding hydrogens is 299 g/mol. The third kappa shape index (κ3) is 4.00. The Bertz CT molecular complexity index is 684. The summed E-state index contributed by atoms with van der Waals surface area (Å²) in [6.45, 7) is 5.68. The fourth-order valence-electron chi connectivity index (χ4n) is 2.14. The van der Waals surface area contributed by atoms with Crippen molar-refractivity contribution in [2.45, 2.75) is 32.9 Å². The topological polar surface area (TPSA) is 68.2 Å². The molecule has 0 bridgehead atoms. The number of amides is 1. The molecule has 0 fully saturated rings. The second-order valence-electron chi connectivity index (χ2n) is 5.45. The van der Waals surface area contributed by atoms with Crippen LogP contribution < -0.4 is 15.4 Å². The van der Waals surface area contributed by atoms with Gasteiger partial charge in [0, 0.05) is 18.2 Å². The normalized spacial score (nSPS) is 12.1. The molecule has 23 heavy (non-hydrogen) atoms. The SMILES string of the molecule is COc1cc(F)ccc1NC(C)C(=O)Nc1ccnn1C(C)C. The highest BCUT2D eigenvalue weighted by atomic mass is 19.1. The first-order valence-corrected chi connectivity index (χ1v) is 7.36. The summed E-state index contributed by atoms with van der Waals surface area (Å²) in [6, 6.07) is 5.45. The highest BCUT2D eigenvalue weighted by Crippen LogP contribution is 2.25. The summed E-state index contributed by atoms with van der Waals surface area (Å²) in [5.74, 6) is 0.353. The minimum atomic E-state index is -0.537. The van der Waals surface area contributed by atoms with Crippen LogP contribution in [0.1, 0.15) is 26.8 Å². The Morgan fingerprint density at radius 3 is 2.70 bits per heavy atom. The third-order valence-electron chi connectivity index (χ3n) is 3.34. The van der Waals surface area contributed by atoms with Gasteiger partial charge in [-0.2, -0.15) is 5.10 Å². The number of aromatic nitrogens is 2. The van der Waals surface area contributed by atoms with Crippen molar-refractivity contribution in [2.24, 2.45) is 0 Å². The molecule has 0 aliphatic carbocycles. The zero-order valence-corrected chi connectivity index (χ0v) is 13.6. The van der Waals surface area contributed by atoms with Crippen LogP contribution in [0.4, 0.5) is 15.9 Å². The number of carbonyl (C=O) groups excluding carboxylic acids is 1. The molecule has 1 atom stereocenters. The predicted molar refractivity (Wildman–Crippen MR) is 87.3 cm³/mol. The van der Waals surface area contributed by atoms with Crippen LogP contribution in [0.3, 0.4) is 0 Å². The van der Waals surface area contributed by atoms with Crippen LogP contribution in [0.2, 0.25) is 0 Å². The molecule has 2 rings (SSSR count). The van der Waals surface area contributed by atoms with Crippen molar-refractivity contribution in [2.75, 3.05) is 17.7 Å². The number of anilines is 2. The summed E-state index contributed by atoms with van der Waals surface area (Å²) in [6.07, 6.45) is 1.64. The van der Waals surface area contributed by atoms with Crippen LogP contribution >= 0.6 is 0 Å². The van der Waals surface area contributed by atoms with Crippen LogP contribution in [0.15, 0.2) is 30.5 Å². The van der Waals surface area contributed by atoms with E-state index in [1.165, 1.54) is 25.3 Å². The summed E-state index contributed by atoms with van der Waals surface area (Å²) >= 11 is 0. The van der Waals surface area contributed by atoms with E-state index in [9.17, 15) is 9.18 Å². The minimum Gasteiger partial charge on any atom is -0.494 e. The summed E-state index contributed by atoms with van der Waals surface area (Å²) in [7, 11) is 1.45. The number of carbonyl (C=O) groups is 1. The van der Waals surface area contributed by atoms with Crippen molar-refractivity contribution >= 4 is 17.4 Å². The number of ether oxygens (including phenoxy) is 1. The number of nitrogens with one attached hydrogen (secondary N) is 2. The fourth-order valence-corrected chi connectivity index (χ4v) is 2.14. The molecule has 0 aliphatic rings. The van der Waals surface area contributed by atoms with Gasteiger partial charge in [-0.25, -0.2) is 9.07 Å². The van der Waals surface area contributed by atoms with E-state index in [1.807, 2.05) is 13.8 Å².